The molecule has 17 heteroatoms. The number of hydrogen-bond acceptors (Lipinski definition) is 11. The number of carbonyl (C=O) groups excluding carboxylic acids is 1. The van der Waals surface area contributed by atoms with Crippen LogP contribution in [0.25, 0.3) is 22.2 Å². The number of nitrogens with zero attached hydrogens (tertiary/aromatic N) is 6. The van der Waals surface area contributed by atoms with Gasteiger partial charge in [0.25, 0.3) is 0 Å². The van der Waals surface area contributed by atoms with Crippen molar-refractivity contribution >= 4 is 40.3 Å². The summed E-state index contributed by atoms with van der Waals surface area (Å²) in [5.74, 6) is -1.02. The Morgan fingerprint density at radius 2 is 1.52 bits per heavy atom. The van der Waals surface area contributed by atoms with Crippen molar-refractivity contribution in [2.24, 2.45) is 0 Å². The predicted molar refractivity (Wildman–Crippen MR) is 228 cm³/mol. The highest BCUT2D eigenvalue weighted by Gasteiger charge is 2.47. The summed E-state index contributed by atoms with van der Waals surface area (Å²) in [5.41, 5.74) is -3.39. The van der Waals surface area contributed by atoms with Crippen molar-refractivity contribution in [3.05, 3.63) is 88.5 Å². The molecule has 2 aliphatic heterocycles. The minimum atomic E-state index is -5.14. The fraction of sp³-hybridized carbons (Fsp3) is 0.422. The van der Waals surface area contributed by atoms with Gasteiger partial charge in [-0.1, -0.05) is 43.0 Å². The molecule has 0 spiro atoms. The normalized spacial score (nSPS) is 17.6. The van der Waals surface area contributed by atoms with Crippen LogP contribution in [-0.4, -0.2) is 83.3 Å². The summed E-state index contributed by atoms with van der Waals surface area (Å²) in [4.78, 5) is 32.5. The number of halogens is 5. The fourth-order valence-corrected chi connectivity index (χ4v) is 8.70. The van der Waals surface area contributed by atoms with Gasteiger partial charge in [-0.2, -0.15) is 13.2 Å². The van der Waals surface area contributed by atoms with Gasteiger partial charge in [-0.3, -0.25) is 0 Å². The van der Waals surface area contributed by atoms with Crippen LogP contribution in [-0.2, 0) is 24.0 Å². The molecule has 5 aromatic rings. The van der Waals surface area contributed by atoms with Crippen molar-refractivity contribution < 1.29 is 45.7 Å². The van der Waals surface area contributed by atoms with E-state index in [1.165, 1.54) is 14.2 Å². The van der Waals surface area contributed by atoms with Gasteiger partial charge in [-0.25, -0.2) is 28.5 Å². The second-order valence-corrected chi connectivity index (χ2v) is 17.1. The molecule has 3 aromatic carbocycles. The van der Waals surface area contributed by atoms with E-state index in [0.717, 1.165) is 24.8 Å². The maximum absolute atomic E-state index is 17.5. The number of ether oxygens (including phenoxy) is 4. The third kappa shape index (κ3) is 8.59. The monoisotopic (exact) mass is 880 g/mol. The Hall–Kier alpha value is -5.58. The minimum Gasteiger partial charge on any atom is -0.497 e. The summed E-state index contributed by atoms with van der Waals surface area (Å²) in [6, 6.07) is 14.0. The molecule has 2 aliphatic rings. The Bertz CT molecular complexity index is 2420. The molecule has 2 aromatic heterocycles. The molecule has 330 valence electrons. The van der Waals surface area contributed by atoms with Gasteiger partial charge in [0.15, 0.2) is 11.0 Å². The number of anilines is 2. The summed E-state index contributed by atoms with van der Waals surface area (Å²) in [7, 11) is 3.05. The molecule has 0 aliphatic carbocycles. The second kappa shape index (κ2) is 17.3. The van der Waals surface area contributed by atoms with Gasteiger partial charge >= 0.3 is 12.3 Å². The molecule has 62 heavy (non-hydrogen) atoms. The number of rotatable bonds is 10. The lowest BCUT2D eigenvalue weighted by atomic mass is 9.94. The maximum Gasteiger partial charge on any atom is 0.417 e. The molecule has 1 fully saturated rings. The summed E-state index contributed by atoms with van der Waals surface area (Å²) in [6.07, 6.45) is -4.20. The molecule has 1 amide bonds. The highest BCUT2D eigenvalue weighted by molar-refractivity contribution is 7.98. The smallest absolute Gasteiger partial charge is 0.417 e. The quantitative estimate of drug-likeness (QED) is 0.0761. The number of aromatic nitrogens is 3. The molecule has 4 heterocycles. The van der Waals surface area contributed by atoms with Crippen LogP contribution in [0.3, 0.4) is 0 Å². The highest BCUT2D eigenvalue weighted by Crippen LogP contribution is 2.48. The molecule has 0 N–H and O–H groups in total. The van der Waals surface area contributed by atoms with E-state index in [4.69, 9.17) is 23.9 Å². The molecular weight excluding hydrogens is 832 g/mol. The van der Waals surface area contributed by atoms with Crippen LogP contribution in [0.15, 0.2) is 59.8 Å². The minimum absolute atomic E-state index is 0.0560. The van der Waals surface area contributed by atoms with E-state index in [0.29, 0.717) is 29.0 Å². The SMILES string of the molecule is CC[C@H]1[C@H]2[C@H](C)Oc3nc(-c4cc(N(Cc5ccc(OC)cc5)Cc5ccc(OC)cc5)c(F)c(C)c4C(F)(F)F)c(F)c4nc(SC)nc(c34)N2CCN1C(=O)OC(C)(C)C. The van der Waals surface area contributed by atoms with Gasteiger partial charge < -0.3 is 33.6 Å². The van der Waals surface area contributed by atoms with E-state index in [1.54, 1.807) is 92.3 Å². The van der Waals surface area contributed by atoms with Crippen LogP contribution >= 0.6 is 11.8 Å². The van der Waals surface area contributed by atoms with Crippen molar-refractivity contribution in [2.75, 3.05) is 43.4 Å². The van der Waals surface area contributed by atoms with Gasteiger partial charge in [0.05, 0.1) is 37.6 Å². The molecule has 7 rings (SSSR count). The van der Waals surface area contributed by atoms with Crippen molar-refractivity contribution in [2.45, 2.75) is 96.2 Å². The Kier molecular flexibility index (Phi) is 12.4. The zero-order chi connectivity index (χ0) is 44.8. The van der Waals surface area contributed by atoms with Gasteiger partial charge in [0.2, 0.25) is 5.88 Å². The number of amides is 1. The van der Waals surface area contributed by atoms with Gasteiger partial charge in [-0.15, -0.1) is 0 Å². The van der Waals surface area contributed by atoms with Crippen molar-refractivity contribution in [3.8, 4) is 28.6 Å². The summed E-state index contributed by atoms with van der Waals surface area (Å²) >= 11 is 1.13. The van der Waals surface area contributed by atoms with Crippen molar-refractivity contribution in [3.63, 3.8) is 0 Å². The lowest BCUT2D eigenvalue weighted by Crippen LogP contribution is -2.65. The molecule has 3 atom stereocenters. The van der Waals surface area contributed by atoms with E-state index >= 15 is 22.0 Å². The first-order valence-electron chi connectivity index (χ1n) is 20.2. The van der Waals surface area contributed by atoms with Crippen LogP contribution in [0.5, 0.6) is 17.4 Å². The van der Waals surface area contributed by atoms with E-state index in [1.807, 2.05) is 11.8 Å². The van der Waals surface area contributed by atoms with Crippen LogP contribution in [0.2, 0.25) is 0 Å². The second-order valence-electron chi connectivity index (χ2n) is 16.3. The summed E-state index contributed by atoms with van der Waals surface area (Å²) in [5, 5.41) is 0.231. The van der Waals surface area contributed by atoms with E-state index in [2.05, 4.69) is 9.97 Å². The van der Waals surface area contributed by atoms with E-state index in [-0.39, 0.29) is 59.6 Å². The Morgan fingerprint density at radius 3 is 2.03 bits per heavy atom. The lowest BCUT2D eigenvalue weighted by molar-refractivity contribution is -0.137. The molecule has 0 unspecified atom stereocenters. The zero-order valence-electron chi connectivity index (χ0n) is 36.0. The summed E-state index contributed by atoms with van der Waals surface area (Å²) in [6.45, 7) is 10.7. The third-order valence-electron chi connectivity index (χ3n) is 11.2. The average Bonchev–Trinajstić information content (AvgIpc) is 3.35. The first-order chi connectivity index (χ1) is 29.4. The van der Waals surface area contributed by atoms with Gasteiger partial charge in [0, 0.05) is 31.7 Å². The van der Waals surface area contributed by atoms with Crippen LogP contribution in [0.4, 0.5) is 38.3 Å². The largest absolute Gasteiger partial charge is 0.497 e. The highest BCUT2D eigenvalue weighted by atomic mass is 32.2. The average molecular weight is 881 g/mol. The number of fused-ring (bicyclic) bond motifs is 2. The Balaban J connectivity index is 1.42. The van der Waals surface area contributed by atoms with E-state index < -0.39 is 70.1 Å². The molecular formula is C45H49F5N6O5S. The zero-order valence-corrected chi connectivity index (χ0v) is 36.8. The van der Waals surface area contributed by atoms with Crippen LogP contribution in [0, 0.1) is 18.6 Å². The summed E-state index contributed by atoms with van der Waals surface area (Å²) < 4.78 is 103. The molecule has 1 saturated heterocycles. The molecule has 0 saturated carbocycles. The molecule has 11 nitrogen and oxygen atoms in total. The number of benzene rings is 3. The fourth-order valence-electron chi connectivity index (χ4n) is 8.34. The number of pyridine rings is 1. The number of hydrogen-bond donors (Lipinski definition) is 0. The third-order valence-corrected chi connectivity index (χ3v) is 11.7. The number of methoxy groups -OCH3 is 2. The first kappa shape index (κ1) is 44.5. The van der Waals surface area contributed by atoms with Crippen molar-refractivity contribution in [1.82, 2.24) is 19.9 Å². The maximum atomic E-state index is 17.5. The van der Waals surface area contributed by atoms with Gasteiger partial charge in [-0.05, 0) is 94.3 Å². The number of piperazine rings is 1. The van der Waals surface area contributed by atoms with Crippen LogP contribution < -0.4 is 24.0 Å². The predicted octanol–water partition coefficient (Wildman–Crippen LogP) is 10.2. The molecule has 0 bridgehead atoms. The number of thioether (sulfide) groups is 1. The van der Waals surface area contributed by atoms with E-state index in [9.17, 15) is 4.79 Å². The first-order valence-corrected chi connectivity index (χ1v) is 21.4. The standard InChI is InChI=1S/C45H49F5N6O5S/c1-10-31-39-25(3)60-41-33-38(52-42(62-9)53-40(33)56(39)20-19-55(31)43(57)61-44(4,5)6)36(47)37(51-41)30-21-32(35(46)24(2)34(30)45(48,49)50)54(22-26-11-15-28(58-7)16-12-26)23-27-13-17-29(59-8)18-14-27/h11-18,21,25,31,39H,10,19-20,22-23H2,1-9H3/t25-,31-,39+/m0/s1. The topological polar surface area (TPSA) is 102 Å². The van der Waals surface area contributed by atoms with Gasteiger partial charge in [0.1, 0.15) is 51.4 Å². The van der Waals surface area contributed by atoms with Crippen molar-refractivity contribution in [1.29, 1.82) is 0 Å². The number of alkyl halides is 3. The lowest BCUT2D eigenvalue weighted by Gasteiger charge is -2.48. The Labute approximate surface area is 361 Å². The Morgan fingerprint density at radius 1 is 0.919 bits per heavy atom. The van der Waals surface area contributed by atoms with Crippen LogP contribution in [0.1, 0.15) is 63.3 Å². The number of carbonyl (C=O) groups is 1. The molecule has 0 radical (unpaired) electrons.